The summed E-state index contributed by atoms with van der Waals surface area (Å²) < 4.78 is 13.0. The Bertz CT molecular complexity index is 313. The Balaban J connectivity index is 2.32. The molecule has 0 spiro atoms. The molecule has 1 aromatic carbocycles. The molecule has 1 N–H and O–H groups in total. The van der Waals surface area contributed by atoms with E-state index >= 15 is 0 Å². The lowest BCUT2D eigenvalue weighted by atomic mass is 10.2. The van der Waals surface area contributed by atoms with Gasteiger partial charge in [-0.3, -0.25) is 0 Å². The molecule has 0 saturated carbocycles. The zero-order valence-corrected chi connectivity index (χ0v) is 10.3. The Kier molecular flexibility index (Phi) is 5.26. The standard InChI is InChI=1S/C13H21FN2/c1-11(2)10-15-7-8-16(3)13-6-4-5-12(14)9-13/h4-6,9,11,15H,7-8,10H2,1-3H3. The van der Waals surface area contributed by atoms with E-state index < -0.39 is 0 Å². The van der Waals surface area contributed by atoms with Crippen molar-refractivity contribution in [2.75, 3.05) is 31.6 Å². The van der Waals surface area contributed by atoms with Gasteiger partial charge in [0.1, 0.15) is 5.82 Å². The van der Waals surface area contributed by atoms with Gasteiger partial charge in [0.15, 0.2) is 0 Å². The van der Waals surface area contributed by atoms with Crippen molar-refractivity contribution in [2.24, 2.45) is 5.92 Å². The molecule has 0 unspecified atom stereocenters. The van der Waals surface area contributed by atoms with Crippen LogP contribution in [0.15, 0.2) is 24.3 Å². The molecule has 0 aliphatic carbocycles. The van der Waals surface area contributed by atoms with Crippen LogP contribution >= 0.6 is 0 Å². The molecule has 0 heterocycles. The van der Waals surface area contributed by atoms with Crippen LogP contribution in [0.4, 0.5) is 10.1 Å². The van der Waals surface area contributed by atoms with Crippen LogP contribution in [-0.4, -0.2) is 26.7 Å². The highest BCUT2D eigenvalue weighted by Gasteiger charge is 2.01. The predicted molar refractivity (Wildman–Crippen MR) is 67.4 cm³/mol. The minimum absolute atomic E-state index is 0.181. The fourth-order valence-corrected chi connectivity index (χ4v) is 1.48. The third-order valence-corrected chi connectivity index (χ3v) is 2.43. The summed E-state index contributed by atoms with van der Waals surface area (Å²) in [7, 11) is 1.98. The molecule has 1 rings (SSSR count). The molecule has 0 fully saturated rings. The minimum atomic E-state index is -0.181. The first-order valence-corrected chi connectivity index (χ1v) is 5.77. The quantitative estimate of drug-likeness (QED) is 0.747. The first kappa shape index (κ1) is 13.0. The summed E-state index contributed by atoms with van der Waals surface area (Å²) >= 11 is 0. The Morgan fingerprint density at radius 2 is 2.12 bits per heavy atom. The van der Waals surface area contributed by atoms with Crippen LogP contribution in [0.3, 0.4) is 0 Å². The molecular formula is C13H21FN2. The Morgan fingerprint density at radius 1 is 1.38 bits per heavy atom. The average molecular weight is 224 g/mol. The van der Waals surface area contributed by atoms with Gasteiger partial charge in [0.05, 0.1) is 0 Å². The molecule has 0 bridgehead atoms. The summed E-state index contributed by atoms with van der Waals surface area (Å²) in [5.74, 6) is 0.485. The molecule has 2 nitrogen and oxygen atoms in total. The molecule has 16 heavy (non-hydrogen) atoms. The second-order valence-electron chi connectivity index (χ2n) is 4.50. The van der Waals surface area contributed by atoms with Crippen molar-refractivity contribution in [2.45, 2.75) is 13.8 Å². The summed E-state index contributed by atoms with van der Waals surface area (Å²) in [5, 5.41) is 3.36. The number of likely N-dealkylation sites (N-methyl/N-ethyl adjacent to an activating group) is 1. The van der Waals surface area contributed by atoms with Crippen LogP contribution in [0.5, 0.6) is 0 Å². The van der Waals surface area contributed by atoms with Crippen molar-refractivity contribution < 1.29 is 4.39 Å². The van der Waals surface area contributed by atoms with Crippen molar-refractivity contribution in [1.82, 2.24) is 5.32 Å². The van der Waals surface area contributed by atoms with Crippen LogP contribution < -0.4 is 10.2 Å². The second kappa shape index (κ2) is 6.48. The smallest absolute Gasteiger partial charge is 0.125 e. The van der Waals surface area contributed by atoms with E-state index in [1.54, 1.807) is 12.1 Å². The van der Waals surface area contributed by atoms with Gasteiger partial charge in [0.2, 0.25) is 0 Å². The Morgan fingerprint density at radius 3 is 2.75 bits per heavy atom. The lowest BCUT2D eigenvalue weighted by molar-refractivity contribution is 0.554. The van der Waals surface area contributed by atoms with Gasteiger partial charge in [-0.15, -0.1) is 0 Å². The van der Waals surface area contributed by atoms with E-state index in [0.29, 0.717) is 5.92 Å². The van der Waals surface area contributed by atoms with Crippen LogP contribution in [-0.2, 0) is 0 Å². The molecule has 0 aliphatic heterocycles. The molecule has 1 aromatic rings. The highest BCUT2D eigenvalue weighted by Crippen LogP contribution is 2.12. The summed E-state index contributed by atoms with van der Waals surface area (Å²) in [5.41, 5.74) is 0.923. The number of benzene rings is 1. The van der Waals surface area contributed by atoms with Crippen LogP contribution in [0.25, 0.3) is 0 Å². The Labute approximate surface area is 97.5 Å². The molecule has 0 aliphatic rings. The molecule has 0 atom stereocenters. The van der Waals surface area contributed by atoms with Gasteiger partial charge < -0.3 is 10.2 Å². The zero-order valence-electron chi connectivity index (χ0n) is 10.3. The third kappa shape index (κ3) is 4.62. The molecule has 90 valence electrons. The number of nitrogens with one attached hydrogen (secondary N) is 1. The summed E-state index contributed by atoms with van der Waals surface area (Å²) in [6, 6.07) is 6.69. The van der Waals surface area contributed by atoms with Gasteiger partial charge in [-0.2, -0.15) is 0 Å². The number of rotatable bonds is 6. The first-order chi connectivity index (χ1) is 7.59. The maximum Gasteiger partial charge on any atom is 0.125 e. The molecule has 3 heteroatoms. The summed E-state index contributed by atoms with van der Waals surface area (Å²) in [4.78, 5) is 2.05. The van der Waals surface area contributed by atoms with E-state index in [0.717, 1.165) is 25.3 Å². The van der Waals surface area contributed by atoms with Crippen LogP contribution in [0.2, 0.25) is 0 Å². The topological polar surface area (TPSA) is 15.3 Å². The largest absolute Gasteiger partial charge is 0.373 e. The van der Waals surface area contributed by atoms with Crippen LogP contribution in [0.1, 0.15) is 13.8 Å². The summed E-state index contributed by atoms with van der Waals surface area (Å²) in [6.07, 6.45) is 0. The molecule has 0 radical (unpaired) electrons. The van der Waals surface area contributed by atoms with E-state index in [9.17, 15) is 4.39 Å². The highest BCUT2D eigenvalue weighted by atomic mass is 19.1. The van der Waals surface area contributed by atoms with Crippen molar-refractivity contribution in [1.29, 1.82) is 0 Å². The number of nitrogens with zero attached hydrogens (tertiary/aromatic N) is 1. The molecule has 0 aromatic heterocycles. The molecule has 0 amide bonds. The summed E-state index contributed by atoms with van der Waals surface area (Å²) in [6.45, 7) is 7.20. The number of hydrogen-bond acceptors (Lipinski definition) is 2. The number of halogens is 1. The highest BCUT2D eigenvalue weighted by molar-refractivity contribution is 5.45. The van der Waals surface area contributed by atoms with E-state index in [1.807, 2.05) is 13.1 Å². The van der Waals surface area contributed by atoms with Crippen molar-refractivity contribution in [3.63, 3.8) is 0 Å². The maximum atomic E-state index is 13.0. The lowest BCUT2D eigenvalue weighted by Crippen LogP contribution is -2.31. The van der Waals surface area contributed by atoms with Crippen molar-refractivity contribution in [3.8, 4) is 0 Å². The average Bonchev–Trinajstić information content (AvgIpc) is 2.24. The van der Waals surface area contributed by atoms with E-state index in [1.165, 1.54) is 6.07 Å². The second-order valence-corrected chi connectivity index (χ2v) is 4.50. The maximum absolute atomic E-state index is 13.0. The zero-order chi connectivity index (χ0) is 12.0. The minimum Gasteiger partial charge on any atom is -0.373 e. The van der Waals surface area contributed by atoms with Gasteiger partial charge in [0, 0.05) is 25.8 Å². The normalized spacial score (nSPS) is 10.8. The third-order valence-electron chi connectivity index (χ3n) is 2.43. The lowest BCUT2D eigenvalue weighted by Gasteiger charge is -2.19. The first-order valence-electron chi connectivity index (χ1n) is 5.77. The van der Waals surface area contributed by atoms with Gasteiger partial charge >= 0.3 is 0 Å². The number of anilines is 1. The van der Waals surface area contributed by atoms with Crippen molar-refractivity contribution in [3.05, 3.63) is 30.1 Å². The van der Waals surface area contributed by atoms with E-state index in [2.05, 4.69) is 24.1 Å². The van der Waals surface area contributed by atoms with E-state index in [-0.39, 0.29) is 5.82 Å². The van der Waals surface area contributed by atoms with Gasteiger partial charge in [-0.25, -0.2) is 4.39 Å². The fourth-order valence-electron chi connectivity index (χ4n) is 1.48. The number of hydrogen-bond donors (Lipinski definition) is 1. The predicted octanol–water partition coefficient (Wildman–Crippen LogP) is 2.51. The van der Waals surface area contributed by atoms with Crippen molar-refractivity contribution >= 4 is 5.69 Å². The molecular weight excluding hydrogens is 203 g/mol. The SMILES string of the molecule is CC(C)CNCCN(C)c1cccc(F)c1. The van der Waals surface area contributed by atoms with Gasteiger partial charge in [0.25, 0.3) is 0 Å². The Hall–Kier alpha value is -1.09. The van der Waals surface area contributed by atoms with Crippen LogP contribution in [0, 0.1) is 11.7 Å². The van der Waals surface area contributed by atoms with Gasteiger partial charge in [-0.1, -0.05) is 19.9 Å². The molecule has 0 saturated heterocycles. The van der Waals surface area contributed by atoms with Gasteiger partial charge in [-0.05, 0) is 30.7 Å². The monoisotopic (exact) mass is 224 g/mol. The van der Waals surface area contributed by atoms with E-state index in [4.69, 9.17) is 0 Å². The fraction of sp³-hybridized carbons (Fsp3) is 0.538.